The van der Waals surface area contributed by atoms with E-state index in [1.807, 2.05) is 39.0 Å². The summed E-state index contributed by atoms with van der Waals surface area (Å²) in [5, 5.41) is 2.65. The van der Waals surface area contributed by atoms with Crippen molar-refractivity contribution in [3.05, 3.63) is 66.2 Å². The lowest BCUT2D eigenvalue weighted by Gasteiger charge is -2.02. The third-order valence-corrected chi connectivity index (χ3v) is 5.45. The van der Waals surface area contributed by atoms with Crippen molar-refractivity contribution < 1.29 is 4.57 Å². The second-order valence-electron chi connectivity index (χ2n) is 5.39. The van der Waals surface area contributed by atoms with E-state index in [0.29, 0.717) is 0 Å². The molecule has 4 rings (SSSR count). The van der Waals surface area contributed by atoms with Crippen LogP contribution >= 0.6 is 11.3 Å². The van der Waals surface area contributed by atoms with E-state index >= 15 is 0 Å². The van der Waals surface area contributed by atoms with Crippen molar-refractivity contribution in [3.63, 3.8) is 0 Å². The number of nitrogens with zero attached hydrogens (tertiary/aromatic N) is 1. The molecule has 2 heteroatoms. The van der Waals surface area contributed by atoms with Crippen molar-refractivity contribution in [2.45, 2.75) is 34.6 Å². The number of benzene rings is 2. The summed E-state index contributed by atoms with van der Waals surface area (Å²) in [4.78, 5) is 1.37. The molecule has 0 atom stereocenters. The van der Waals surface area contributed by atoms with Crippen LogP contribution < -0.4 is 4.57 Å². The van der Waals surface area contributed by atoms with Crippen LogP contribution in [-0.2, 0) is 7.05 Å². The van der Waals surface area contributed by atoms with Crippen LogP contribution in [0.1, 0.15) is 33.3 Å². The van der Waals surface area contributed by atoms with E-state index in [1.165, 1.54) is 37.1 Å². The number of thiophene rings is 1. The van der Waals surface area contributed by atoms with Crippen molar-refractivity contribution in [2.75, 3.05) is 0 Å². The van der Waals surface area contributed by atoms with Crippen molar-refractivity contribution >= 4 is 32.3 Å². The first-order valence-electron chi connectivity index (χ1n) is 9.12. The molecule has 2 heterocycles. The number of hydrogen-bond donors (Lipinski definition) is 0. The lowest BCUT2D eigenvalue weighted by Crippen LogP contribution is -2.31. The minimum atomic E-state index is 1.27. The van der Waals surface area contributed by atoms with Gasteiger partial charge in [0.2, 0.25) is 11.2 Å². The maximum atomic E-state index is 2.30. The molecule has 2 aromatic carbocycles. The maximum absolute atomic E-state index is 2.30. The zero-order valence-electron chi connectivity index (χ0n) is 16.1. The highest BCUT2D eigenvalue weighted by Crippen LogP contribution is 2.36. The van der Waals surface area contributed by atoms with Crippen LogP contribution in [0.15, 0.2) is 60.7 Å². The van der Waals surface area contributed by atoms with Gasteiger partial charge in [0.15, 0.2) is 0 Å². The second kappa shape index (κ2) is 8.77. The van der Waals surface area contributed by atoms with E-state index in [0.717, 1.165) is 0 Å². The van der Waals surface area contributed by atoms with Gasteiger partial charge < -0.3 is 0 Å². The number of hydrogen-bond acceptors (Lipinski definition) is 1. The molecule has 0 fully saturated rings. The zero-order valence-corrected chi connectivity index (χ0v) is 16.9. The molecular weight excluding hydrogens is 322 g/mol. The summed E-state index contributed by atoms with van der Waals surface area (Å²) < 4.78 is 3.66. The van der Waals surface area contributed by atoms with Gasteiger partial charge in [-0.2, -0.15) is 4.57 Å². The van der Waals surface area contributed by atoms with Gasteiger partial charge in [-0.05, 0) is 36.1 Å². The molecule has 0 aliphatic heterocycles. The summed E-state index contributed by atoms with van der Waals surface area (Å²) in [6.45, 7) is 10.2. The van der Waals surface area contributed by atoms with Crippen molar-refractivity contribution in [3.8, 4) is 10.6 Å². The molecule has 0 spiro atoms. The van der Waals surface area contributed by atoms with Gasteiger partial charge in [-0.15, -0.1) is 11.3 Å². The molecular formula is C23H28NS+. The average molecular weight is 351 g/mol. The highest BCUT2D eigenvalue weighted by molar-refractivity contribution is 7.22. The number of rotatable bonds is 1. The summed E-state index contributed by atoms with van der Waals surface area (Å²) in [6.07, 6.45) is 0. The molecule has 0 aliphatic carbocycles. The fourth-order valence-electron chi connectivity index (χ4n) is 2.99. The van der Waals surface area contributed by atoms with Crippen LogP contribution in [0.2, 0.25) is 0 Å². The minimum absolute atomic E-state index is 1.27. The number of aryl methyl sites for hydroxylation is 2. The van der Waals surface area contributed by atoms with Gasteiger partial charge in [-0.3, -0.25) is 0 Å². The van der Waals surface area contributed by atoms with E-state index in [2.05, 4.69) is 79.2 Å². The summed E-state index contributed by atoms with van der Waals surface area (Å²) in [5.74, 6) is 0. The van der Waals surface area contributed by atoms with Gasteiger partial charge in [0.1, 0.15) is 11.9 Å². The molecule has 0 saturated carbocycles. The monoisotopic (exact) mass is 350 g/mol. The summed E-state index contributed by atoms with van der Waals surface area (Å²) >= 11 is 1.88. The van der Waals surface area contributed by atoms with Crippen LogP contribution in [0.5, 0.6) is 0 Å². The Morgan fingerprint density at radius 2 is 1.40 bits per heavy atom. The van der Waals surface area contributed by atoms with Crippen molar-refractivity contribution in [2.24, 2.45) is 7.05 Å². The lowest BCUT2D eigenvalue weighted by atomic mass is 10.1. The Morgan fingerprint density at radius 3 is 2.12 bits per heavy atom. The Labute approximate surface area is 155 Å². The van der Waals surface area contributed by atoms with Gasteiger partial charge in [0, 0.05) is 22.2 Å². The molecule has 2 aromatic heterocycles. The number of pyridine rings is 1. The van der Waals surface area contributed by atoms with Gasteiger partial charge in [0.25, 0.3) is 0 Å². The Balaban J connectivity index is 0.000000528. The zero-order chi connectivity index (χ0) is 18.4. The lowest BCUT2D eigenvalue weighted by molar-refractivity contribution is -0.633. The van der Waals surface area contributed by atoms with E-state index in [-0.39, 0.29) is 0 Å². The van der Waals surface area contributed by atoms with Gasteiger partial charge >= 0.3 is 0 Å². The topological polar surface area (TPSA) is 3.88 Å². The molecule has 25 heavy (non-hydrogen) atoms. The van der Waals surface area contributed by atoms with Crippen LogP contribution in [0, 0.1) is 6.92 Å². The molecule has 0 bridgehead atoms. The quantitative estimate of drug-likeness (QED) is 0.328. The summed E-state index contributed by atoms with van der Waals surface area (Å²) in [7, 11) is 2.15. The van der Waals surface area contributed by atoms with Crippen molar-refractivity contribution in [1.82, 2.24) is 0 Å². The first-order chi connectivity index (χ1) is 12.3. The highest BCUT2D eigenvalue weighted by atomic mass is 32.1. The third-order valence-electron chi connectivity index (χ3n) is 4.16. The first kappa shape index (κ1) is 19.1. The van der Waals surface area contributed by atoms with Crippen molar-refractivity contribution in [1.29, 1.82) is 0 Å². The fourth-order valence-corrected chi connectivity index (χ4v) is 4.26. The first-order valence-corrected chi connectivity index (χ1v) is 9.93. The van der Waals surface area contributed by atoms with Crippen LogP contribution in [-0.4, -0.2) is 0 Å². The molecule has 0 unspecified atom stereocenters. The van der Waals surface area contributed by atoms with Gasteiger partial charge in [0.05, 0.1) is 0 Å². The SMILES string of the molecule is CC.CC.Cc1c(-c2ccc3ccccc3[n+]2C)sc2ccccc12. The predicted octanol–water partition coefficient (Wildman–Crippen LogP) is 6.91. The van der Waals surface area contributed by atoms with Gasteiger partial charge in [-0.25, -0.2) is 0 Å². The maximum Gasteiger partial charge on any atom is 0.223 e. The molecule has 0 amide bonds. The Hall–Kier alpha value is -2.19. The minimum Gasteiger partial charge on any atom is -0.193 e. The van der Waals surface area contributed by atoms with E-state index in [9.17, 15) is 0 Å². The summed E-state index contributed by atoms with van der Waals surface area (Å²) in [5.41, 5.74) is 3.93. The largest absolute Gasteiger partial charge is 0.223 e. The molecule has 4 aromatic rings. The number of fused-ring (bicyclic) bond motifs is 2. The van der Waals surface area contributed by atoms with Crippen LogP contribution in [0.4, 0.5) is 0 Å². The van der Waals surface area contributed by atoms with Crippen LogP contribution in [0.3, 0.4) is 0 Å². The Kier molecular flexibility index (Phi) is 6.72. The summed E-state index contributed by atoms with van der Waals surface area (Å²) in [6, 6.07) is 21.6. The van der Waals surface area contributed by atoms with E-state index in [4.69, 9.17) is 0 Å². The Morgan fingerprint density at radius 1 is 0.760 bits per heavy atom. The number of aromatic nitrogens is 1. The third kappa shape index (κ3) is 3.59. The normalized spacial score (nSPS) is 10.0. The molecule has 1 nitrogen and oxygen atoms in total. The standard InChI is InChI=1S/C19H16NS.2C2H6/c1-13-15-8-4-6-10-18(15)21-19(13)17-12-11-14-7-3-5-9-16(14)20(17)2;2*1-2/h3-12H,1-2H3;2*1-2H3/q+1;;. The predicted molar refractivity (Wildman–Crippen MR) is 113 cm³/mol. The molecule has 0 saturated heterocycles. The van der Waals surface area contributed by atoms with E-state index in [1.54, 1.807) is 0 Å². The average Bonchev–Trinajstić information content (AvgIpc) is 3.02. The molecule has 130 valence electrons. The highest BCUT2D eigenvalue weighted by Gasteiger charge is 2.19. The van der Waals surface area contributed by atoms with Crippen LogP contribution in [0.25, 0.3) is 31.6 Å². The Bertz CT molecular complexity index is 966. The molecule has 0 radical (unpaired) electrons. The number of para-hydroxylation sites is 1. The smallest absolute Gasteiger partial charge is 0.193 e. The van der Waals surface area contributed by atoms with Gasteiger partial charge in [-0.1, -0.05) is 58.0 Å². The van der Waals surface area contributed by atoms with E-state index < -0.39 is 0 Å². The molecule has 0 N–H and O–H groups in total. The fraction of sp³-hybridized carbons (Fsp3) is 0.261. The molecule has 0 aliphatic rings. The second-order valence-corrected chi connectivity index (χ2v) is 6.44.